The molecular formula is C15H20ClN3O4. The van der Waals surface area contributed by atoms with Crippen molar-refractivity contribution < 1.29 is 19.1 Å². The van der Waals surface area contributed by atoms with Gasteiger partial charge in [0.2, 0.25) is 0 Å². The van der Waals surface area contributed by atoms with E-state index in [2.05, 4.69) is 16.0 Å². The van der Waals surface area contributed by atoms with Crippen LogP contribution in [-0.4, -0.2) is 51.0 Å². The van der Waals surface area contributed by atoms with Crippen LogP contribution in [0.1, 0.15) is 17.3 Å². The molecule has 1 aliphatic heterocycles. The third-order valence-electron chi connectivity index (χ3n) is 3.43. The molecule has 1 fully saturated rings. The molecule has 0 radical (unpaired) electrons. The molecule has 23 heavy (non-hydrogen) atoms. The predicted molar refractivity (Wildman–Crippen MR) is 87.0 cm³/mol. The molecule has 0 aliphatic carbocycles. The van der Waals surface area contributed by atoms with Crippen molar-refractivity contribution in [1.82, 2.24) is 10.6 Å². The molecule has 1 aromatic rings. The van der Waals surface area contributed by atoms with Crippen LogP contribution >= 0.6 is 11.6 Å². The van der Waals surface area contributed by atoms with Crippen molar-refractivity contribution >= 4 is 29.2 Å². The Balaban J connectivity index is 2.01. The number of carbonyl (C=O) groups excluding carboxylic acids is 2. The lowest BCUT2D eigenvalue weighted by molar-refractivity contribution is 0.0428. The van der Waals surface area contributed by atoms with Gasteiger partial charge in [0.1, 0.15) is 6.10 Å². The van der Waals surface area contributed by atoms with Gasteiger partial charge in [-0.15, -0.1) is 0 Å². The van der Waals surface area contributed by atoms with Crippen molar-refractivity contribution in [3.8, 4) is 0 Å². The number of amides is 3. The summed E-state index contributed by atoms with van der Waals surface area (Å²) in [6.45, 7) is 3.28. The Morgan fingerprint density at radius 2 is 2.17 bits per heavy atom. The molecule has 0 bridgehead atoms. The highest BCUT2D eigenvalue weighted by Crippen LogP contribution is 2.23. The summed E-state index contributed by atoms with van der Waals surface area (Å²) in [6, 6.07) is 4.01. The van der Waals surface area contributed by atoms with Crippen LogP contribution in [0.25, 0.3) is 0 Å². The molecule has 2 atom stereocenters. The first-order chi connectivity index (χ1) is 11.0. The highest BCUT2D eigenvalue weighted by Gasteiger charge is 2.30. The monoisotopic (exact) mass is 341 g/mol. The molecule has 1 aromatic carbocycles. The fourth-order valence-corrected chi connectivity index (χ4v) is 2.45. The van der Waals surface area contributed by atoms with E-state index in [-0.39, 0.29) is 18.1 Å². The molecule has 0 saturated carbocycles. The summed E-state index contributed by atoms with van der Waals surface area (Å²) in [5.74, 6) is -0.259. The van der Waals surface area contributed by atoms with Crippen molar-refractivity contribution in [2.45, 2.75) is 19.1 Å². The second-order valence-electron chi connectivity index (χ2n) is 5.01. The highest BCUT2D eigenvalue weighted by molar-refractivity contribution is 6.33. The average Bonchev–Trinajstić information content (AvgIpc) is 2.96. The van der Waals surface area contributed by atoms with Crippen molar-refractivity contribution in [1.29, 1.82) is 0 Å². The van der Waals surface area contributed by atoms with Gasteiger partial charge >= 0.3 is 6.03 Å². The Hall–Kier alpha value is -1.83. The van der Waals surface area contributed by atoms with E-state index in [1.54, 1.807) is 12.1 Å². The maximum absolute atomic E-state index is 12.1. The molecule has 7 nitrogen and oxygen atoms in total. The van der Waals surface area contributed by atoms with E-state index < -0.39 is 6.03 Å². The maximum atomic E-state index is 12.1. The number of hydrogen-bond donors (Lipinski definition) is 3. The number of anilines is 1. The number of benzene rings is 1. The van der Waals surface area contributed by atoms with E-state index in [0.29, 0.717) is 36.1 Å². The molecule has 0 unspecified atom stereocenters. The second-order valence-corrected chi connectivity index (χ2v) is 5.42. The molecule has 8 heteroatoms. The topological polar surface area (TPSA) is 88.7 Å². The summed E-state index contributed by atoms with van der Waals surface area (Å²) in [5.41, 5.74) is 0.765. The highest BCUT2D eigenvalue weighted by atomic mass is 35.5. The van der Waals surface area contributed by atoms with Crippen LogP contribution in [0.5, 0.6) is 0 Å². The lowest BCUT2D eigenvalue weighted by Gasteiger charge is -2.19. The van der Waals surface area contributed by atoms with E-state index in [4.69, 9.17) is 21.1 Å². The summed E-state index contributed by atoms with van der Waals surface area (Å²) >= 11 is 6.06. The van der Waals surface area contributed by atoms with Crippen LogP contribution in [0.15, 0.2) is 18.2 Å². The van der Waals surface area contributed by atoms with Crippen molar-refractivity contribution in [3.63, 3.8) is 0 Å². The lowest BCUT2D eigenvalue weighted by atomic mass is 10.2. The number of carbonyl (C=O) groups is 2. The molecule has 3 amide bonds. The predicted octanol–water partition coefficient (Wildman–Crippen LogP) is 1.63. The van der Waals surface area contributed by atoms with Crippen LogP contribution in [-0.2, 0) is 9.47 Å². The molecule has 3 N–H and O–H groups in total. The van der Waals surface area contributed by atoms with E-state index >= 15 is 0 Å². The minimum atomic E-state index is -0.429. The van der Waals surface area contributed by atoms with Crippen LogP contribution in [0.4, 0.5) is 10.5 Å². The lowest BCUT2D eigenvalue weighted by Crippen LogP contribution is -2.45. The SMILES string of the molecule is CCO[C@H]1COC[C@@H]1NC(=O)Nc1cc(C(=O)NC)ccc1Cl. The molecule has 1 aliphatic rings. The minimum Gasteiger partial charge on any atom is -0.376 e. The van der Waals surface area contributed by atoms with Crippen molar-refractivity contribution in [2.75, 3.05) is 32.2 Å². The number of hydrogen-bond acceptors (Lipinski definition) is 4. The van der Waals surface area contributed by atoms with E-state index in [0.717, 1.165) is 0 Å². The third kappa shape index (κ3) is 4.57. The minimum absolute atomic E-state index is 0.168. The fourth-order valence-electron chi connectivity index (χ4n) is 2.28. The molecule has 0 spiro atoms. The Kier molecular flexibility index (Phi) is 6.20. The smallest absolute Gasteiger partial charge is 0.319 e. The molecule has 2 rings (SSSR count). The van der Waals surface area contributed by atoms with Crippen LogP contribution in [0.2, 0.25) is 5.02 Å². The van der Waals surface area contributed by atoms with Gasteiger partial charge in [0, 0.05) is 19.2 Å². The van der Waals surface area contributed by atoms with Gasteiger partial charge < -0.3 is 25.4 Å². The van der Waals surface area contributed by atoms with Crippen LogP contribution < -0.4 is 16.0 Å². The second kappa shape index (κ2) is 8.14. The first-order valence-corrected chi connectivity index (χ1v) is 7.71. The van der Waals surface area contributed by atoms with Gasteiger partial charge in [0.25, 0.3) is 5.91 Å². The van der Waals surface area contributed by atoms with Crippen molar-refractivity contribution in [3.05, 3.63) is 28.8 Å². The Morgan fingerprint density at radius 1 is 1.39 bits per heavy atom. The molecule has 1 saturated heterocycles. The van der Waals surface area contributed by atoms with E-state index in [1.165, 1.54) is 13.1 Å². The molecule has 126 valence electrons. The summed E-state index contributed by atoms with van der Waals surface area (Å²) < 4.78 is 10.8. The molecule has 0 aromatic heterocycles. The Bertz CT molecular complexity index is 582. The number of nitrogens with one attached hydrogen (secondary N) is 3. The number of urea groups is 1. The molecular weight excluding hydrogens is 322 g/mol. The average molecular weight is 342 g/mol. The largest absolute Gasteiger partial charge is 0.376 e. The summed E-state index contributed by atoms with van der Waals surface area (Å²) in [4.78, 5) is 23.8. The maximum Gasteiger partial charge on any atom is 0.319 e. The zero-order valence-electron chi connectivity index (χ0n) is 13.0. The first-order valence-electron chi connectivity index (χ1n) is 7.33. The zero-order chi connectivity index (χ0) is 16.8. The zero-order valence-corrected chi connectivity index (χ0v) is 13.8. The van der Waals surface area contributed by atoms with E-state index in [1.807, 2.05) is 6.92 Å². The van der Waals surface area contributed by atoms with Crippen LogP contribution in [0.3, 0.4) is 0 Å². The van der Waals surface area contributed by atoms with Gasteiger partial charge in [-0.05, 0) is 25.1 Å². The number of rotatable bonds is 5. The number of halogens is 1. The summed E-state index contributed by atoms with van der Waals surface area (Å²) in [5, 5.41) is 8.30. The molecule has 1 heterocycles. The first kappa shape index (κ1) is 17.5. The van der Waals surface area contributed by atoms with Gasteiger partial charge in [0.15, 0.2) is 0 Å². The Labute approximate surface area is 139 Å². The summed E-state index contributed by atoms with van der Waals surface area (Å²) in [6.07, 6.45) is -0.168. The fraction of sp³-hybridized carbons (Fsp3) is 0.467. The quantitative estimate of drug-likeness (QED) is 0.759. The summed E-state index contributed by atoms with van der Waals surface area (Å²) in [7, 11) is 1.53. The Morgan fingerprint density at radius 3 is 2.87 bits per heavy atom. The van der Waals surface area contributed by atoms with Gasteiger partial charge in [0.05, 0.1) is 30.0 Å². The number of ether oxygens (including phenoxy) is 2. The third-order valence-corrected chi connectivity index (χ3v) is 3.76. The van der Waals surface area contributed by atoms with Gasteiger partial charge in [-0.25, -0.2) is 4.79 Å². The van der Waals surface area contributed by atoms with Crippen LogP contribution in [0, 0.1) is 0 Å². The standard InChI is InChI=1S/C15H20ClN3O4/c1-3-23-13-8-22-7-12(13)19-15(21)18-11-6-9(14(20)17-2)4-5-10(11)16/h4-6,12-13H,3,7-8H2,1-2H3,(H,17,20)(H2,18,19,21)/t12-,13-/m0/s1. The normalized spacial score (nSPS) is 20.1. The van der Waals surface area contributed by atoms with Gasteiger partial charge in [-0.2, -0.15) is 0 Å². The van der Waals surface area contributed by atoms with Crippen molar-refractivity contribution in [2.24, 2.45) is 0 Å². The van der Waals surface area contributed by atoms with Gasteiger partial charge in [-0.1, -0.05) is 11.6 Å². The van der Waals surface area contributed by atoms with Gasteiger partial charge in [-0.3, -0.25) is 4.79 Å². The van der Waals surface area contributed by atoms with E-state index in [9.17, 15) is 9.59 Å².